The second-order valence-electron chi connectivity index (χ2n) is 9.30. The molecule has 6 heteroatoms. The molecule has 0 saturated carbocycles. The first kappa shape index (κ1) is 28.2. The summed E-state index contributed by atoms with van der Waals surface area (Å²) in [7, 11) is 0. The van der Waals surface area contributed by atoms with Gasteiger partial charge in [-0.05, 0) is 16.7 Å². The summed E-state index contributed by atoms with van der Waals surface area (Å²) in [6.45, 7) is 1.02. The molecule has 0 aliphatic rings. The molecule has 202 valence electrons. The van der Waals surface area contributed by atoms with Gasteiger partial charge in [-0.1, -0.05) is 121 Å². The molecule has 0 aliphatic heterocycles. The lowest BCUT2D eigenvalue weighted by molar-refractivity contribution is -0.473. The van der Waals surface area contributed by atoms with Crippen molar-refractivity contribution in [2.45, 2.75) is 44.7 Å². The maximum Gasteiger partial charge on any atom is 0.183 e. The van der Waals surface area contributed by atoms with Gasteiger partial charge in [0.25, 0.3) is 0 Å². The van der Waals surface area contributed by atoms with Crippen molar-refractivity contribution in [1.29, 1.82) is 0 Å². The second-order valence-corrected chi connectivity index (χ2v) is 9.30. The van der Waals surface area contributed by atoms with E-state index in [1.165, 1.54) is 6.21 Å². The molecule has 6 nitrogen and oxygen atoms in total. The molecular formula is C33H35NO5. The number of nitrogens with zero attached hydrogens (tertiary/aromatic N) is 1. The van der Waals surface area contributed by atoms with E-state index in [0.717, 1.165) is 27.0 Å². The van der Waals surface area contributed by atoms with Gasteiger partial charge < -0.3 is 24.5 Å². The normalized spacial score (nSPS) is 14.0. The summed E-state index contributed by atoms with van der Waals surface area (Å²) < 4.78 is 19.1. The summed E-state index contributed by atoms with van der Waals surface area (Å²) in [6, 6.07) is 38.7. The summed E-state index contributed by atoms with van der Waals surface area (Å²) in [4.78, 5) is 0. The zero-order valence-corrected chi connectivity index (χ0v) is 21.9. The van der Waals surface area contributed by atoms with Gasteiger partial charge in [-0.25, -0.2) is 4.74 Å². The van der Waals surface area contributed by atoms with Crippen LogP contribution in [0.2, 0.25) is 0 Å². The zero-order chi connectivity index (χ0) is 27.1. The van der Waals surface area contributed by atoms with E-state index in [9.17, 15) is 10.3 Å². The summed E-state index contributed by atoms with van der Waals surface area (Å²) >= 11 is 0. The Morgan fingerprint density at radius 1 is 0.615 bits per heavy atom. The van der Waals surface area contributed by atoms with Crippen LogP contribution in [0.25, 0.3) is 0 Å². The molecule has 4 rings (SSSR count). The van der Waals surface area contributed by atoms with Crippen molar-refractivity contribution in [2.75, 3.05) is 6.61 Å². The molecule has 0 fully saturated rings. The van der Waals surface area contributed by atoms with Crippen molar-refractivity contribution in [3.63, 3.8) is 0 Å². The molecule has 1 N–H and O–H groups in total. The highest BCUT2D eigenvalue weighted by Gasteiger charge is 2.32. The highest BCUT2D eigenvalue weighted by molar-refractivity contribution is 5.59. The molecule has 3 atom stereocenters. The predicted octanol–water partition coefficient (Wildman–Crippen LogP) is 5.52. The topological polar surface area (TPSA) is 74.0 Å². The van der Waals surface area contributed by atoms with Crippen molar-refractivity contribution in [2.24, 2.45) is 0 Å². The van der Waals surface area contributed by atoms with E-state index in [2.05, 4.69) is 0 Å². The minimum atomic E-state index is -1.04. The molecule has 0 heterocycles. The maximum atomic E-state index is 13.0. The van der Waals surface area contributed by atoms with Crippen LogP contribution in [-0.2, 0) is 40.6 Å². The predicted molar refractivity (Wildman–Crippen MR) is 152 cm³/mol. The Balaban J connectivity index is 1.53. The van der Waals surface area contributed by atoms with Crippen LogP contribution in [0.4, 0.5) is 0 Å². The van der Waals surface area contributed by atoms with Crippen LogP contribution in [0.5, 0.6) is 0 Å². The van der Waals surface area contributed by atoms with Crippen LogP contribution >= 0.6 is 0 Å². The molecule has 0 aliphatic carbocycles. The standard InChI is InChI=1S/C33H35NO5/c35-31(26-37-23-28-15-7-2-8-16-28)33(39-25-30-19-11-4-12-20-30)32(38-24-29-17-9-3-10-18-29)22-34(36)21-27-13-5-1-6-14-27/h1-20,22,31-33,35H,21,23-26H2/b34-22-/t31-,32+,33+/m0/s1. The molecule has 0 unspecified atom stereocenters. The molecule has 0 bridgehead atoms. The quantitative estimate of drug-likeness (QED) is 0.0958. The molecule has 0 saturated heterocycles. The zero-order valence-electron chi connectivity index (χ0n) is 21.9. The molecule has 0 aromatic heterocycles. The number of aliphatic hydroxyl groups excluding tert-OH is 1. The first-order valence-electron chi connectivity index (χ1n) is 13.1. The largest absolute Gasteiger partial charge is 0.624 e. The van der Waals surface area contributed by atoms with Gasteiger partial charge in [0, 0.05) is 5.56 Å². The van der Waals surface area contributed by atoms with E-state index in [1.807, 2.05) is 121 Å². The van der Waals surface area contributed by atoms with Crippen molar-refractivity contribution in [3.8, 4) is 0 Å². The van der Waals surface area contributed by atoms with Crippen LogP contribution in [0.15, 0.2) is 121 Å². The van der Waals surface area contributed by atoms with Crippen molar-refractivity contribution >= 4 is 6.21 Å². The Labute approximate surface area is 230 Å². The summed E-state index contributed by atoms with van der Waals surface area (Å²) in [5, 5.41) is 24.3. The highest BCUT2D eigenvalue weighted by atomic mass is 16.6. The van der Waals surface area contributed by atoms with Gasteiger partial charge in [0.1, 0.15) is 12.2 Å². The molecule has 4 aromatic rings. The van der Waals surface area contributed by atoms with E-state index >= 15 is 0 Å². The van der Waals surface area contributed by atoms with Crippen LogP contribution < -0.4 is 0 Å². The Bertz CT molecular complexity index is 1240. The molecule has 4 aromatic carbocycles. The smallest absolute Gasteiger partial charge is 0.183 e. The summed E-state index contributed by atoms with van der Waals surface area (Å²) in [5.41, 5.74) is 3.78. The Hall–Kier alpha value is -3.81. The van der Waals surface area contributed by atoms with E-state index < -0.39 is 18.3 Å². The van der Waals surface area contributed by atoms with Crippen molar-refractivity contribution < 1.29 is 24.1 Å². The average molecular weight is 526 g/mol. The van der Waals surface area contributed by atoms with Gasteiger partial charge in [0.2, 0.25) is 0 Å². The Morgan fingerprint density at radius 2 is 1.05 bits per heavy atom. The van der Waals surface area contributed by atoms with Gasteiger partial charge in [-0.15, -0.1) is 0 Å². The first-order valence-corrected chi connectivity index (χ1v) is 13.1. The van der Waals surface area contributed by atoms with E-state index in [4.69, 9.17) is 14.2 Å². The minimum Gasteiger partial charge on any atom is -0.624 e. The van der Waals surface area contributed by atoms with Crippen molar-refractivity contribution in [1.82, 2.24) is 0 Å². The molecular weight excluding hydrogens is 490 g/mol. The van der Waals surface area contributed by atoms with Gasteiger partial charge in [-0.2, -0.15) is 0 Å². The Morgan fingerprint density at radius 3 is 1.56 bits per heavy atom. The van der Waals surface area contributed by atoms with Gasteiger partial charge in [0.05, 0.1) is 26.4 Å². The minimum absolute atomic E-state index is 0.0188. The van der Waals surface area contributed by atoms with E-state index in [-0.39, 0.29) is 26.4 Å². The summed E-state index contributed by atoms with van der Waals surface area (Å²) in [5.74, 6) is 0. The van der Waals surface area contributed by atoms with E-state index in [1.54, 1.807) is 0 Å². The summed E-state index contributed by atoms with van der Waals surface area (Å²) in [6.07, 6.45) is -1.27. The Kier molecular flexibility index (Phi) is 11.3. The van der Waals surface area contributed by atoms with Gasteiger partial charge >= 0.3 is 0 Å². The van der Waals surface area contributed by atoms with Crippen LogP contribution in [0.1, 0.15) is 22.3 Å². The molecule has 0 radical (unpaired) electrons. The van der Waals surface area contributed by atoms with Gasteiger partial charge in [-0.3, -0.25) is 0 Å². The monoisotopic (exact) mass is 525 g/mol. The number of benzene rings is 4. The fourth-order valence-corrected chi connectivity index (χ4v) is 4.13. The second kappa shape index (κ2) is 15.6. The SMILES string of the molecule is [O-]/[N+](=C\[C@@H](OCc1ccccc1)[C@H](OCc1ccccc1)[C@@H](O)COCc1ccccc1)Cc1ccccc1. The van der Waals surface area contributed by atoms with Gasteiger partial charge in [0.15, 0.2) is 18.9 Å². The number of ether oxygens (including phenoxy) is 3. The number of hydroxylamine groups is 1. The van der Waals surface area contributed by atoms with Crippen molar-refractivity contribution in [3.05, 3.63) is 149 Å². The average Bonchev–Trinajstić information content (AvgIpc) is 2.98. The highest BCUT2D eigenvalue weighted by Crippen LogP contribution is 2.16. The lowest BCUT2D eigenvalue weighted by Gasteiger charge is -2.28. The van der Waals surface area contributed by atoms with E-state index in [0.29, 0.717) is 6.61 Å². The lowest BCUT2D eigenvalue weighted by atomic mass is 10.1. The number of hydrogen-bond acceptors (Lipinski definition) is 5. The third-order valence-electron chi connectivity index (χ3n) is 6.17. The number of hydrogen-bond donors (Lipinski definition) is 1. The third-order valence-corrected chi connectivity index (χ3v) is 6.17. The molecule has 0 amide bonds. The van der Waals surface area contributed by atoms with Crippen LogP contribution in [0, 0.1) is 5.21 Å². The van der Waals surface area contributed by atoms with Crippen LogP contribution in [0.3, 0.4) is 0 Å². The lowest BCUT2D eigenvalue weighted by Crippen LogP contribution is -2.45. The first-order chi connectivity index (χ1) is 19.2. The fourth-order valence-electron chi connectivity index (χ4n) is 4.13. The molecule has 0 spiro atoms. The maximum absolute atomic E-state index is 13.0. The number of aliphatic hydroxyl groups is 1. The molecule has 39 heavy (non-hydrogen) atoms. The third kappa shape index (κ3) is 9.78. The van der Waals surface area contributed by atoms with Crippen LogP contribution in [-0.4, -0.2) is 41.0 Å². The number of rotatable bonds is 15. The fraction of sp³-hybridized carbons (Fsp3) is 0.242.